The molecule has 2 heterocycles. The number of alkyl halides is 3. The molecule has 7 heteroatoms. The van der Waals surface area contributed by atoms with Crippen LogP contribution in [0.1, 0.15) is 12.0 Å². The van der Waals surface area contributed by atoms with E-state index >= 15 is 0 Å². The van der Waals surface area contributed by atoms with Gasteiger partial charge in [-0.2, -0.15) is 18.3 Å². The number of rotatable bonds is 2. The van der Waals surface area contributed by atoms with E-state index in [9.17, 15) is 13.2 Å². The van der Waals surface area contributed by atoms with E-state index in [0.29, 0.717) is 17.8 Å². The van der Waals surface area contributed by atoms with Crippen LogP contribution in [0.25, 0.3) is 11.3 Å². The summed E-state index contributed by atoms with van der Waals surface area (Å²) in [5, 5.41) is 6.96. The van der Waals surface area contributed by atoms with Crippen molar-refractivity contribution in [1.29, 1.82) is 0 Å². The van der Waals surface area contributed by atoms with Gasteiger partial charge in [-0.3, -0.25) is 5.10 Å². The third kappa shape index (κ3) is 2.87. The molecule has 1 fully saturated rings. The molecule has 1 aromatic carbocycles. The first-order valence-corrected chi connectivity index (χ1v) is 6.67. The average molecular weight is 296 g/mol. The van der Waals surface area contributed by atoms with Crippen LogP contribution in [0.15, 0.2) is 30.3 Å². The first-order chi connectivity index (χ1) is 9.93. The van der Waals surface area contributed by atoms with E-state index in [1.54, 1.807) is 12.1 Å². The molecule has 1 aliphatic heterocycles. The lowest BCUT2D eigenvalue weighted by molar-refractivity contribution is -0.137. The fraction of sp³-hybridized carbons (Fsp3) is 0.357. The van der Waals surface area contributed by atoms with Gasteiger partial charge in [-0.15, -0.1) is 0 Å². The molecule has 3 rings (SSSR count). The van der Waals surface area contributed by atoms with Gasteiger partial charge in [0.1, 0.15) is 0 Å². The second-order valence-corrected chi connectivity index (χ2v) is 5.21. The molecule has 1 aliphatic rings. The van der Waals surface area contributed by atoms with Gasteiger partial charge >= 0.3 is 6.18 Å². The van der Waals surface area contributed by atoms with Crippen molar-refractivity contribution in [2.24, 2.45) is 5.73 Å². The fourth-order valence-electron chi connectivity index (χ4n) is 2.48. The van der Waals surface area contributed by atoms with Crippen molar-refractivity contribution in [2.45, 2.75) is 18.6 Å². The number of H-pyrrole nitrogens is 1. The van der Waals surface area contributed by atoms with Crippen molar-refractivity contribution >= 4 is 5.82 Å². The predicted molar refractivity (Wildman–Crippen MR) is 73.8 cm³/mol. The van der Waals surface area contributed by atoms with Crippen molar-refractivity contribution in [1.82, 2.24) is 10.2 Å². The number of hydrogen-bond donors (Lipinski definition) is 2. The summed E-state index contributed by atoms with van der Waals surface area (Å²) in [7, 11) is 0. The Morgan fingerprint density at radius 2 is 2.10 bits per heavy atom. The zero-order valence-corrected chi connectivity index (χ0v) is 11.2. The van der Waals surface area contributed by atoms with Crippen LogP contribution in [-0.4, -0.2) is 29.3 Å². The molecule has 0 amide bonds. The quantitative estimate of drug-likeness (QED) is 0.895. The maximum Gasteiger partial charge on any atom is 0.416 e. The van der Waals surface area contributed by atoms with Crippen LogP contribution in [0.4, 0.5) is 19.0 Å². The summed E-state index contributed by atoms with van der Waals surface area (Å²) in [6, 6.07) is 7.08. The van der Waals surface area contributed by atoms with E-state index in [2.05, 4.69) is 10.2 Å². The van der Waals surface area contributed by atoms with Crippen LogP contribution in [0.2, 0.25) is 0 Å². The molecule has 1 unspecified atom stereocenters. The van der Waals surface area contributed by atoms with E-state index < -0.39 is 11.7 Å². The van der Waals surface area contributed by atoms with Gasteiger partial charge in [0.2, 0.25) is 0 Å². The molecule has 0 saturated carbocycles. The zero-order valence-electron chi connectivity index (χ0n) is 11.2. The Kier molecular flexibility index (Phi) is 3.36. The first kappa shape index (κ1) is 13.9. The summed E-state index contributed by atoms with van der Waals surface area (Å²) < 4.78 is 38.2. The molecule has 0 spiro atoms. The Hall–Kier alpha value is -2.02. The first-order valence-electron chi connectivity index (χ1n) is 6.67. The standard InChI is InChI=1S/C14H15F3N4/c15-14(16,17)10-3-1-2-9(6-10)12-7-13(20-19-12)21-5-4-11(18)8-21/h1-3,6-7,11H,4-5,8,18H2,(H,19,20). The molecule has 3 N–H and O–H groups in total. The van der Waals surface area contributed by atoms with Crippen molar-refractivity contribution in [3.8, 4) is 11.3 Å². The number of benzene rings is 1. The number of aromatic nitrogens is 2. The molecule has 0 radical (unpaired) electrons. The number of nitrogens with two attached hydrogens (primary N) is 1. The minimum absolute atomic E-state index is 0.124. The number of nitrogens with one attached hydrogen (secondary N) is 1. The van der Waals surface area contributed by atoms with Gasteiger partial charge in [0.05, 0.1) is 11.3 Å². The number of halogens is 3. The Morgan fingerprint density at radius 3 is 2.76 bits per heavy atom. The summed E-state index contributed by atoms with van der Waals surface area (Å²) in [5.41, 5.74) is 6.21. The molecular formula is C14H15F3N4. The predicted octanol–water partition coefficient (Wildman–Crippen LogP) is 2.63. The van der Waals surface area contributed by atoms with Gasteiger partial charge < -0.3 is 10.6 Å². The highest BCUT2D eigenvalue weighted by atomic mass is 19.4. The highest BCUT2D eigenvalue weighted by molar-refractivity contribution is 5.64. The van der Waals surface area contributed by atoms with Crippen molar-refractivity contribution in [3.63, 3.8) is 0 Å². The normalized spacial score (nSPS) is 19.2. The Balaban J connectivity index is 1.86. The molecule has 1 saturated heterocycles. The van der Waals surface area contributed by atoms with Crippen LogP contribution >= 0.6 is 0 Å². The number of aromatic amines is 1. The molecule has 1 aromatic heterocycles. The summed E-state index contributed by atoms with van der Waals surface area (Å²) in [5.74, 6) is 0.718. The minimum Gasteiger partial charge on any atom is -0.354 e. The molecule has 4 nitrogen and oxygen atoms in total. The maximum atomic E-state index is 12.7. The number of anilines is 1. The van der Waals surface area contributed by atoms with Crippen molar-refractivity contribution < 1.29 is 13.2 Å². The van der Waals surface area contributed by atoms with Gasteiger partial charge in [0.25, 0.3) is 0 Å². The fourth-order valence-corrected chi connectivity index (χ4v) is 2.48. The third-order valence-corrected chi connectivity index (χ3v) is 3.61. The smallest absolute Gasteiger partial charge is 0.354 e. The molecule has 112 valence electrons. The summed E-state index contributed by atoms with van der Waals surface area (Å²) in [6.07, 6.45) is -3.45. The molecule has 21 heavy (non-hydrogen) atoms. The lowest BCUT2D eigenvalue weighted by Gasteiger charge is -2.13. The van der Waals surface area contributed by atoms with E-state index in [4.69, 9.17) is 5.73 Å². The van der Waals surface area contributed by atoms with Crippen LogP contribution in [0.3, 0.4) is 0 Å². The van der Waals surface area contributed by atoms with Crippen molar-refractivity contribution in [2.75, 3.05) is 18.0 Å². The Bertz CT molecular complexity index is 635. The maximum absolute atomic E-state index is 12.7. The van der Waals surface area contributed by atoms with Crippen LogP contribution in [-0.2, 0) is 6.18 Å². The number of nitrogens with zero attached hydrogens (tertiary/aromatic N) is 2. The minimum atomic E-state index is -4.35. The SMILES string of the molecule is NC1CCN(c2cc(-c3cccc(C(F)(F)F)c3)[nH]n2)C1. The second kappa shape index (κ2) is 5.07. The zero-order chi connectivity index (χ0) is 15.0. The van der Waals surface area contributed by atoms with Crippen LogP contribution in [0, 0.1) is 0 Å². The monoisotopic (exact) mass is 296 g/mol. The molecule has 0 aliphatic carbocycles. The van der Waals surface area contributed by atoms with Gasteiger partial charge in [-0.25, -0.2) is 0 Å². The van der Waals surface area contributed by atoms with Crippen LogP contribution in [0.5, 0.6) is 0 Å². The molecule has 1 atom stereocenters. The molecular weight excluding hydrogens is 281 g/mol. The molecule has 2 aromatic rings. The Labute approximate surface area is 119 Å². The highest BCUT2D eigenvalue weighted by Crippen LogP contribution is 2.32. The van der Waals surface area contributed by atoms with Gasteiger partial charge in [-0.1, -0.05) is 12.1 Å². The van der Waals surface area contributed by atoms with Crippen LogP contribution < -0.4 is 10.6 Å². The lowest BCUT2D eigenvalue weighted by atomic mass is 10.1. The van der Waals surface area contributed by atoms with Gasteiger partial charge in [-0.05, 0) is 18.6 Å². The second-order valence-electron chi connectivity index (χ2n) is 5.21. The number of hydrogen-bond acceptors (Lipinski definition) is 3. The van der Waals surface area contributed by atoms with E-state index in [-0.39, 0.29) is 6.04 Å². The Morgan fingerprint density at radius 1 is 1.29 bits per heavy atom. The van der Waals surface area contributed by atoms with Gasteiger partial charge in [0, 0.05) is 30.8 Å². The van der Waals surface area contributed by atoms with E-state index in [0.717, 1.165) is 30.9 Å². The van der Waals surface area contributed by atoms with Crippen molar-refractivity contribution in [3.05, 3.63) is 35.9 Å². The molecule has 0 bridgehead atoms. The highest BCUT2D eigenvalue weighted by Gasteiger charge is 2.30. The average Bonchev–Trinajstić information content (AvgIpc) is 3.06. The summed E-state index contributed by atoms with van der Waals surface area (Å²) in [4.78, 5) is 2.03. The topological polar surface area (TPSA) is 57.9 Å². The summed E-state index contributed by atoms with van der Waals surface area (Å²) in [6.45, 7) is 1.53. The van der Waals surface area contributed by atoms with Gasteiger partial charge in [0.15, 0.2) is 5.82 Å². The third-order valence-electron chi connectivity index (χ3n) is 3.61. The van der Waals surface area contributed by atoms with E-state index in [1.165, 1.54) is 6.07 Å². The largest absolute Gasteiger partial charge is 0.416 e. The summed E-state index contributed by atoms with van der Waals surface area (Å²) >= 11 is 0. The van der Waals surface area contributed by atoms with E-state index in [1.807, 2.05) is 4.90 Å². The lowest BCUT2D eigenvalue weighted by Crippen LogP contribution is -2.26.